The van der Waals surface area contributed by atoms with Crippen molar-refractivity contribution in [3.63, 3.8) is 0 Å². The Hall–Kier alpha value is -1.28. The van der Waals surface area contributed by atoms with E-state index in [2.05, 4.69) is 30.3 Å². The first-order chi connectivity index (χ1) is 29.5. The summed E-state index contributed by atoms with van der Waals surface area (Å²) in [5.41, 5.74) is 0.590. The molecule has 0 aromatic heterocycles. The normalized spacial score (nSPS) is 34.1. The maximum atomic E-state index is 12.9. The average Bonchev–Trinajstić information content (AvgIpc) is 3.21. The summed E-state index contributed by atoms with van der Waals surface area (Å²) < 4.78 is 41.0. The molecule has 3 aliphatic heterocycles. The quantitative estimate of drug-likeness (QED) is 0.0511. The molecule has 4 rings (SSSR count). The Balaban J connectivity index is 0.00000726. The van der Waals surface area contributed by atoms with E-state index >= 15 is 0 Å². The van der Waals surface area contributed by atoms with E-state index in [9.17, 15) is 70.2 Å². The number of hydrogen-bond acceptors (Lipinski definition) is 21. The molecular weight excluding hydrogens is 906 g/mol. The van der Waals surface area contributed by atoms with Crippen LogP contribution in [0.3, 0.4) is 0 Å². The summed E-state index contributed by atoms with van der Waals surface area (Å²) in [6.07, 6.45) is -27.8. The molecule has 0 aliphatic carbocycles. The number of aliphatic hydroxyl groups excluding tert-OH is 8. The van der Waals surface area contributed by atoms with Crippen LogP contribution in [0.5, 0.6) is 0 Å². The average molecular weight is 967 g/mol. The van der Waals surface area contributed by atoms with E-state index in [1.165, 1.54) is 0 Å². The van der Waals surface area contributed by atoms with Crippen molar-refractivity contribution in [3.05, 3.63) is 35.9 Å². The Morgan fingerprint density at radius 1 is 0.862 bits per heavy atom. The van der Waals surface area contributed by atoms with Gasteiger partial charge in [-0.1, -0.05) is 50.0 Å². The van der Waals surface area contributed by atoms with Gasteiger partial charge in [-0.2, -0.15) is 0 Å². The number of carbonyl (C=O) groups is 4. The first-order valence-electron chi connectivity index (χ1n) is 20.4. The van der Waals surface area contributed by atoms with Crippen molar-refractivity contribution >= 4 is 31.8 Å². The second-order valence-corrected chi connectivity index (χ2v) is 22.6. The van der Waals surface area contributed by atoms with Crippen molar-refractivity contribution in [1.29, 1.82) is 0 Å². The fraction of sp³-hybridized carbons (Fsp3) is 0.744. The van der Waals surface area contributed by atoms with Gasteiger partial charge in [0.05, 0.1) is 37.9 Å². The Kier molecular flexibility index (Phi) is 24.5. The number of rotatable bonds is 21. The van der Waals surface area contributed by atoms with Gasteiger partial charge in [0, 0.05) is 41.4 Å². The van der Waals surface area contributed by atoms with Gasteiger partial charge in [-0.25, -0.2) is 0 Å². The molecule has 3 aliphatic rings. The van der Waals surface area contributed by atoms with Gasteiger partial charge in [0.1, 0.15) is 79.2 Å². The third-order valence-corrected chi connectivity index (χ3v) is 12.5. The molecule has 3 fully saturated rings. The Morgan fingerprint density at radius 3 is 1.98 bits per heavy atom. The van der Waals surface area contributed by atoms with E-state index in [-0.39, 0.29) is 72.1 Å². The zero-order valence-electron chi connectivity index (χ0n) is 37.5. The zero-order valence-corrected chi connectivity index (χ0v) is 42.5. The van der Waals surface area contributed by atoms with Gasteiger partial charge in [0.25, 0.3) is 0 Å². The van der Waals surface area contributed by atoms with Gasteiger partial charge < -0.3 is 104 Å². The van der Waals surface area contributed by atoms with Crippen LogP contribution in [0.15, 0.2) is 30.3 Å². The molecule has 23 nitrogen and oxygen atoms in total. The minimum Gasteiger partial charge on any atom is -0.547 e. The van der Waals surface area contributed by atoms with Gasteiger partial charge in [-0.15, -0.1) is 0 Å². The number of carboxylic acids is 2. The van der Waals surface area contributed by atoms with Crippen molar-refractivity contribution in [3.8, 4) is 0 Å². The number of amides is 2. The van der Waals surface area contributed by atoms with Crippen LogP contribution in [0.1, 0.15) is 25.8 Å². The molecule has 1 aromatic rings. The molecule has 3 heterocycles. The largest absolute Gasteiger partial charge is 1.00 e. The first kappa shape index (κ1) is 59.8. The molecule has 0 unspecified atom stereocenters. The summed E-state index contributed by atoms with van der Waals surface area (Å²) >= 11 is 0. The summed E-state index contributed by atoms with van der Waals surface area (Å²) in [6.45, 7) is 5.73. The minimum absolute atomic E-state index is 0. The number of aliphatic hydroxyl groups is 8. The van der Waals surface area contributed by atoms with Crippen LogP contribution < -0.4 is 80.0 Å². The number of nitrogens with one attached hydrogen (secondary N) is 2. The molecular formula is C39H60N2Na2O21Si. The molecule has 26 heteroatoms. The smallest absolute Gasteiger partial charge is 0.547 e. The third kappa shape index (κ3) is 16.1. The number of hydrogen-bond donors (Lipinski definition) is 10. The van der Waals surface area contributed by atoms with Crippen LogP contribution in [0, 0.1) is 0 Å². The van der Waals surface area contributed by atoms with Crippen molar-refractivity contribution < 1.29 is 163 Å². The summed E-state index contributed by atoms with van der Waals surface area (Å²) in [7, 11) is -1.75. The van der Waals surface area contributed by atoms with E-state index in [0.717, 1.165) is 13.8 Å². The van der Waals surface area contributed by atoms with E-state index in [4.69, 9.17) is 33.2 Å². The van der Waals surface area contributed by atoms with Crippen molar-refractivity contribution in [2.75, 3.05) is 26.4 Å². The molecule has 3 saturated heterocycles. The Morgan fingerprint density at radius 2 is 1.45 bits per heavy atom. The van der Waals surface area contributed by atoms with Crippen LogP contribution in [0.25, 0.3) is 0 Å². The number of carbonyl (C=O) groups excluding carboxylic acids is 4. The molecule has 0 radical (unpaired) electrons. The van der Waals surface area contributed by atoms with Crippen LogP contribution in [-0.4, -0.2) is 203 Å². The monoisotopic (exact) mass is 966 g/mol. The minimum atomic E-state index is -3.20. The second kappa shape index (κ2) is 26.6. The third-order valence-electron chi connectivity index (χ3n) is 10.8. The molecule has 10 N–H and O–H groups in total. The standard InChI is InChI=1S/C39H62N2O21Si.2Na/c1-18(44)40-26-21(46)14-39(38(54)55,61-33(26)28(48)22(47)15-42)62-34-29(49)24(16-43)58-37(31(34)51)60-32-27(41-19(2)45)36(56-11-12-63(3,4)5)59-25(30(32)50)17-57-23(35(52)53)13-20-9-7-6-8-10-20;;/h6-10,21-34,36-37,42-43,46-51H,11-17H2,1-5H3,(H,40,44)(H,41,45)(H,52,53)(H,54,55);;/q;2*+1/p-2/t21-,22+,23-,24+,25+,26+,27+,28+,29-,30-,31+,32+,33+,34-,36+,37-,39-;;/m0../s1. The van der Waals surface area contributed by atoms with Crippen molar-refractivity contribution in [2.45, 2.75) is 156 Å². The first-order valence-corrected chi connectivity index (χ1v) is 24.1. The Bertz CT molecular complexity index is 1670. The van der Waals surface area contributed by atoms with Crippen molar-refractivity contribution in [2.24, 2.45) is 0 Å². The zero-order chi connectivity index (χ0) is 47.0. The summed E-state index contributed by atoms with van der Waals surface area (Å²) in [5, 5.41) is 117. The SMILES string of the molecule is CC(=O)N[C@H]1[C@H](OCC[Si](C)(C)C)O[C@H](CO[C@@H](Cc2ccccc2)C(=O)[O-])[C@H](O)[C@@H]1O[C@@H]1O[C@H](CO)[C@H](O)[C@H](O[C@]2(C(=O)[O-])C[C@H](O)[C@@H](NC(C)=O)[C@H]([C@H](O)[C@H](O)CO)O2)[C@H]1O.[Na+].[Na+]. The fourth-order valence-corrected chi connectivity index (χ4v) is 8.13. The number of ether oxygens (including phenoxy) is 7. The van der Waals surface area contributed by atoms with Gasteiger partial charge in [-0.3, -0.25) is 9.59 Å². The maximum absolute atomic E-state index is 12.9. The molecule has 0 spiro atoms. The maximum Gasteiger partial charge on any atom is 1.00 e. The number of carboxylic acid groups (broad SMARTS) is 2. The van der Waals surface area contributed by atoms with Gasteiger partial charge in [-0.05, 0) is 11.6 Å². The predicted octanol–water partition coefficient (Wildman–Crippen LogP) is -12.7. The molecule has 0 saturated carbocycles. The van der Waals surface area contributed by atoms with E-state index in [0.29, 0.717) is 11.6 Å². The van der Waals surface area contributed by atoms with E-state index < -0.39 is 162 Å². The molecule has 358 valence electrons. The molecule has 1 aromatic carbocycles. The van der Waals surface area contributed by atoms with E-state index in [1.54, 1.807) is 30.3 Å². The van der Waals surface area contributed by atoms with Crippen molar-refractivity contribution in [1.82, 2.24) is 10.6 Å². The van der Waals surface area contributed by atoms with Crippen LogP contribution >= 0.6 is 0 Å². The summed E-state index contributed by atoms with van der Waals surface area (Å²) in [5.74, 6) is -8.46. The molecule has 2 amide bonds. The second-order valence-electron chi connectivity index (χ2n) is 17.0. The number of benzene rings is 1. The Labute approximate surface area is 420 Å². The summed E-state index contributed by atoms with van der Waals surface area (Å²) in [6, 6.07) is 6.03. The van der Waals surface area contributed by atoms with Gasteiger partial charge in [0.15, 0.2) is 12.6 Å². The van der Waals surface area contributed by atoms with E-state index in [1.807, 2.05) is 0 Å². The predicted molar refractivity (Wildman–Crippen MR) is 209 cm³/mol. The number of aliphatic carboxylic acids is 2. The van der Waals surface area contributed by atoms with Gasteiger partial charge >= 0.3 is 59.1 Å². The van der Waals surface area contributed by atoms with Gasteiger partial charge in [0.2, 0.25) is 17.6 Å². The summed E-state index contributed by atoms with van der Waals surface area (Å²) in [4.78, 5) is 49.6. The van der Waals surface area contributed by atoms with Crippen LogP contribution in [0.4, 0.5) is 0 Å². The molecule has 65 heavy (non-hydrogen) atoms. The molecule has 0 bridgehead atoms. The van der Waals surface area contributed by atoms with Crippen LogP contribution in [0.2, 0.25) is 25.7 Å². The fourth-order valence-electron chi connectivity index (χ4n) is 7.40. The molecule has 17 atom stereocenters. The van der Waals surface area contributed by atoms with Crippen LogP contribution in [-0.2, 0) is 58.8 Å². The topological polar surface area (TPSA) is 365 Å².